The van der Waals surface area contributed by atoms with Crippen LogP contribution in [0.15, 0.2) is 83.9 Å². The molecular weight excluding hydrogens is 468 g/mol. The molecule has 3 N–H and O–H groups in total. The summed E-state index contributed by atoms with van der Waals surface area (Å²) in [6, 6.07) is 24.3. The lowest BCUT2D eigenvalue weighted by molar-refractivity contribution is -0.118. The Bertz CT molecular complexity index is 1440. The topological polar surface area (TPSA) is 135 Å². The van der Waals surface area contributed by atoms with Gasteiger partial charge in [0.05, 0.1) is 7.11 Å². The number of ether oxygens (including phenoxy) is 1. The predicted molar refractivity (Wildman–Crippen MR) is 138 cm³/mol. The number of hydrogen-bond donors (Lipinski definition) is 3. The molecule has 0 saturated carbocycles. The molecule has 0 aliphatic carbocycles. The Labute approximate surface area is 214 Å². The molecule has 0 unspecified atom stereocenters. The van der Waals surface area contributed by atoms with Crippen molar-refractivity contribution in [3.8, 4) is 23.6 Å². The van der Waals surface area contributed by atoms with E-state index >= 15 is 0 Å². The molecule has 0 atom stereocenters. The van der Waals surface area contributed by atoms with Crippen LogP contribution in [0, 0.1) is 22.7 Å². The molecule has 0 spiro atoms. The molecule has 0 fully saturated rings. The maximum absolute atomic E-state index is 12.5. The lowest BCUT2D eigenvalue weighted by atomic mass is 10.1. The number of hydrogen-bond acceptors (Lipinski definition) is 6. The van der Waals surface area contributed by atoms with Crippen molar-refractivity contribution in [1.29, 1.82) is 10.5 Å². The summed E-state index contributed by atoms with van der Waals surface area (Å²) in [6.45, 7) is 0.345. The zero-order valence-electron chi connectivity index (χ0n) is 20.1. The van der Waals surface area contributed by atoms with Crippen LogP contribution in [-0.2, 0) is 22.7 Å². The average Bonchev–Trinajstić information content (AvgIpc) is 2.92. The number of rotatable bonds is 9. The van der Waals surface area contributed by atoms with E-state index in [9.17, 15) is 25.2 Å². The molecule has 3 rings (SSSR count). The van der Waals surface area contributed by atoms with Crippen molar-refractivity contribution >= 4 is 24.0 Å². The molecule has 0 aliphatic rings. The third-order valence-electron chi connectivity index (χ3n) is 5.21. The maximum Gasteiger partial charge on any atom is 0.262 e. The van der Waals surface area contributed by atoms with E-state index in [0.29, 0.717) is 16.9 Å². The van der Waals surface area contributed by atoms with Crippen LogP contribution in [0.1, 0.15) is 22.3 Å². The van der Waals surface area contributed by atoms with Crippen LogP contribution < -0.4 is 15.4 Å². The van der Waals surface area contributed by atoms with Crippen molar-refractivity contribution in [2.45, 2.75) is 13.1 Å². The minimum Gasteiger partial charge on any atom is -0.508 e. The van der Waals surface area contributed by atoms with Crippen LogP contribution in [0.5, 0.6) is 11.5 Å². The van der Waals surface area contributed by atoms with Gasteiger partial charge in [-0.15, -0.1) is 0 Å². The number of aromatic hydroxyl groups is 1. The molecule has 0 radical (unpaired) electrons. The van der Waals surface area contributed by atoms with Gasteiger partial charge >= 0.3 is 0 Å². The number of nitrogens with zero attached hydrogens (tertiary/aromatic N) is 2. The second kappa shape index (κ2) is 12.9. The second-order valence-electron chi connectivity index (χ2n) is 7.90. The van der Waals surface area contributed by atoms with Gasteiger partial charge in [-0.05, 0) is 58.7 Å². The quantitative estimate of drug-likeness (QED) is 0.307. The number of phenolic OH excluding ortho intramolecular Hbond substituents is 1. The summed E-state index contributed by atoms with van der Waals surface area (Å²) < 4.78 is 5.17. The van der Waals surface area contributed by atoms with Crippen molar-refractivity contribution in [3.63, 3.8) is 0 Å². The molecule has 0 heterocycles. The SMILES string of the molecule is COc1cccc(/C=C(/C#N)C(=O)NCc2cccc(CNC(=O)/C(C#N)=C\c3cccc(O)c3)c2)c1. The molecule has 0 aromatic heterocycles. The first kappa shape index (κ1) is 26.3. The molecule has 37 heavy (non-hydrogen) atoms. The zero-order valence-corrected chi connectivity index (χ0v) is 20.1. The summed E-state index contributed by atoms with van der Waals surface area (Å²) in [5.41, 5.74) is 2.59. The van der Waals surface area contributed by atoms with Crippen LogP contribution in [0.2, 0.25) is 0 Å². The molecule has 0 bridgehead atoms. The highest BCUT2D eigenvalue weighted by Gasteiger charge is 2.11. The minimum absolute atomic E-state index is 0.0352. The van der Waals surface area contributed by atoms with E-state index in [-0.39, 0.29) is 30.0 Å². The van der Waals surface area contributed by atoms with Gasteiger partial charge in [0, 0.05) is 13.1 Å². The van der Waals surface area contributed by atoms with Crippen molar-refractivity contribution in [3.05, 3.63) is 106 Å². The average molecular weight is 493 g/mol. The smallest absolute Gasteiger partial charge is 0.262 e. The molecule has 2 amide bonds. The van der Waals surface area contributed by atoms with Crippen molar-refractivity contribution in [2.75, 3.05) is 7.11 Å². The summed E-state index contributed by atoms with van der Waals surface area (Å²) in [5.74, 6) is -0.411. The van der Waals surface area contributed by atoms with Gasteiger partial charge < -0.3 is 20.5 Å². The highest BCUT2D eigenvalue weighted by atomic mass is 16.5. The first-order valence-electron chi connectivity index (χ1n) is 11.2. The van der Waals surface area contributed by atoms with Crippen LogP contribution >= 0.6 is 0 Å². The summed E-state index contributed by atoms with van der Waals surface area (Å²) in [7, 11) is 1.54. The van der Waals surface area contributed by atoms with Gasteiger partial charge in [0.15, 0.2) is 0 Å². The monoisotopic (exact) mass is 492 g/mol. The highest BCUT2D eigenvalue weighted by molar-refractivity contribution is 6.02. The van der Waals surface area contributed by atoms with E-state index in [1.807, 2.05) is 24.3 Å². The van der Waals surface area contributed by atoms with Gasteiger partial charge in [-0.1, -0.05) is 48.5 Å². The van der Waals surface area contributed by atoms with E-state index in [1.54, 1.807) is 48.5 Å². The largest absolute Gasteiger partial charge is 0.508 e. The number of nitrogens with one attached hydrogen (secondary N) is 2. The summed E-state index contributed by atoms with van der Waals surface area (Å²) >= 11 is 0. The van der Waals surface area contributed by atoms with Crippen LogP contribution in [0.3, 0.4) is 0 Å². The number of nitriles is 2. The van der Waals surface area contributed by atoms with E-state index in [0.717, 1.165) is 11.1 Å². The first-order chi connectivity index (χ1) is 17.9. The van der Waals surface area contributed by atoms with E-state index in [1.165, 1.54) is 31.4 Å². The normalized spacial score (nSPS) is 11.1. The molecule has 0 saturated heterocycles. The Morgan fingerprint density at radius 1 is 0.811 bits per heavy atom. The van der Waals surface area contributed by atoms with E-state index < -0.39 is 11.8 Å². The van der Waals surface area contributed by atoms with Gasteiger partial charge in [0.1, 0.15) is 34.8 Å². The zero-order chi connectivity index (χ0) is 26.6. The number of methoxy groups -OCH3 is 1. The highest BCUT2D eigenvalue weighted by Crippen LogP contribution is 2.16. The first-order valence-corrected chi connectivity index (χ1v) is 11.2. The summed E-state index contributed by atoms with van der Waals surface area (Å²) in [4.78, 5) is 25.0. The fourth-order valence-electron chi connectivity index (χ4n) is 3.38. The Hall–Kier alpha value is -5.34. The third kappa shape index (κ3) is 7.84. The number of carbonyl (C=O) groups excluding carboxylic acids is 2. The Balaban J connectivity index is 1.60. The molecule has 8 nitrogen and oxygen atoms in total. The Morgan fingerprint density at radius 3 is 1.84 bits per heavy atom. The molecular formula is C29H24N4O4. The van der Waals surface area contributed by atoms with Gasteiger partial charge in [0.25, 0.3) is 11.8 Å². The van der Waals surface area contributed by atoms with Gasteiger partial charge in [-0.25, -0.2) is 0 Å². The lowest BCUT2D eigenvalue weighted by Gasteiger charge is -2.09. The van der Waals surface area contributed by atoms with Gasteiger partial charge in [-0.3, -0.25) is 9.59 Å². The molecule has 0 aliphatic heterocycles. The third-order valence-corrected chi connectivity index (χ3v) is 5.21. The van der Waals surface area contributed by atoms with Gasteiger partial charge in [-0.2, -0.15) is 10.5 Å². The van der Waals surface area contributed by atoms with Crippen LogP contribution in [0.25, 0.3) is 12.2 Å². The predicted octanol–water partition coefficient (Wildman–Crippen LogP) is 3.85. The maximum atomic E-state index is 12.5. The fourth-order valence-corrected chi connectivity index (χ4v) is 3.38. The van der Waals surface area contributed by atoms with Gasteiger partial charge in [0.2, 0.25) is 0 Å². The van der Waals surface area contributed by atoms with E-state index in [2.05, 4.69) is 10.6 Å². The summed E-state index contributed by atoms with van der Waals surface area (Å²) in [6.07, 6.45) is 2.88. The molecule has 184 valence electrons. The number of benzene rings is 3. The number of carbonyl (C=O) groups is 2. The van der Waals surface area contributed by atoms with Crippen molar-refractivity contribution in [1.82, 2.24) is 10.6 Å². The lowest BCUT2D eigenvalue weighted by Crippen LogP contribution is -2.25. The minimum atomic E-state index is -0.550. The number of amides is 2. The van der Waals surface area contributed by atoms with Crippen LogP contribution in [0.4, 0.5) is 0 Å². The van der Waals surface area contributed by atoms with Crippen LogP contribution in [-0.4, -0.2) is 24.0 Å². The number of phenols is 1. The van der Waals surface area contributed by atoms with Crippen molar-refractivity contribution < 1.29 is 19.4 Å². The summed E-state index contributed by atoms with van der Waals surface area (Å²) in [5, 5.41) is 33.8. The standard InChI is InChI=1S/C29H24N4O4/c1-37-27-10-4-6-21(15-27)13-25(17-31)29(36)33-19-23-8-2-7-22(11-23)18-32-28(35)24(16-30)12-20-5-3-9-26(34)14-20/h2-15,34H,18-19H2,1H3,(H,32,35)(H,33,36)/b24-12-,25-13-. The molecule has 3 aromatic carbocycles. The second-order valence-corrected chi connectivity index (χ2v) is 7.90. The van der Waals surface area contributed by atoms with E-state index in [4.69, 9.17) is 4.74 Å². The Kier molecular flexibility index (Phi) is 9.18. The molecule has 8 heteroatoms. The molecule has 3 aromatic rings. The fraction of sp³-hybridized carbons (Fsp3) is 0.103. The van der Waals surface area contributed by atoms with Crippen molar-refractivity contribution in [2.24, 2.45) is 0 Å². The Morgan fingerprint density at radius 2 is 1.32 bits per heavy atom.